The van der Waals surface area contributed by atoms with Crippen molar-refractivity contribution in [2.24, 2.45) is 0 Å². The fourth-order valence-electron chi connectivity index (χ4n) is 4.19. The summed E-state index contributed by atoms with van der Waals surface area (Å²) in [5.74, 6) is 0.177. The van der Waals surface area contributed by atoms with Crippen LogP contribution in [-0.4, -0.2) is 69.4 Å². The molecule has 0 bridgehead atoms. The molecule has 1 aromatic carbocycles. The summed E-state index contributed by atoms with van der Waals surface area (Å²) in [6.07, 6.45) is 1.73. The molecule has 4 rings (SSSR count). The number of benzene rings is 1. The average molecular weight is 363 g/mol. The highest BCUT2D eigenvalue weighted by atomic mass is 16.8. The molecule has 1 aromatic rings. The molecule has 1 atom stereocenters. The minimum absolute atomic E-state index is 0.111. The maximum atomic E-state index is 12.3. The molecule has 3 fully saturated rings. The number of carbonyl (C=O) groups is 1. The van der Waals surface area contributed by atoms with Crippen molar-refractivity contribution in [3.63, 3.8) is 0 Å². The Morgan fingerprint density at radius 1 is 1.27 bits per heavy atom. The average Bonchev–Trinajstić information content (AvgIpc) is 3.22. The molecule has 142 valence electrons. The molecule has 0 N–H and O–H groups in total. The van der Waals surface area contributed by atoms with Crippen LogP contribution in [-0.2, 0) is 18.7 Å². The fourth-order valence-corrected chi connectivity index (χ4v) is 4.19. The Morgan fingerprint density at radius 2 is 2.04 bits per heavy atom. The molecule has 0 amide bonds. The molecule has 3 aliphatic rings. The molecular weight excluding hydrogens is 337 g/mol. The maximum absolute atomic E-state index is 12.3. The predicted octanol–water partition coefficient (Wildman–Crippen LogP) is 1.73. The molecule has 0 unspecified atom stereocenters. The zero-order valence-corrected chi connectivity index (χ0v) is 15.2. The topological polar surface area (TPSA) is 63.2 Å². The molecule has 0 aliphatic carbocycles. The number of esters is 1. The molecular formula is C18H26BNO6. The Labute approximate surface area is 153 Å². The van der Waals surface area contributed by atoms with E-state index in [-0.39, 0.29) is 12.1 Å². The van der Waals surface area contributed by atoms with E-state index < -0.39 is 6.89 Å². The molecule has 0 spiro atoms. The van der Waals surface area contributed by atoms with Gasteiger partial charge in [-0.3, -0.25) is 0 Å². The van der Waals surface area contributed by atoms with Gasteiger partial charge in [0.1, 0.15) is 24.0 Å². The number of rotatable bonds is 7. The van der Waals surface area contributed by atoms with Gasteiger partial charge in [-0.15, -0.1) is 0 Å². The molecule has 0 aromatic heterocycles. The van der Waals surface area contributed by atoms with Crippen LogP contribution < -0.4 is 4.74 Å². The Kier molecular flexibility index (Phi) is 4.92. The summed E-state index contributed by atoms with van der Waals surface area (Å²) in [4.78, 5) is 12.3. The first-order valence-electron chi connectivity index (χ1n) is 9.52. The largest absolute Gasteiger partial charge is 0.625 e. The highest BCUT2D eigenvalue weighted by Gasteiger charge is 2.66. The first-order chi connectivity index (χ1) is 12.7. The van der Waals surface area contributed by atoms with Gasteiger partial charge in [-0.05, 0) is 18.6 Å². The molecule has 26 heavy (non-hydrogen) atoms. The van der Waals surface area contributed by atoms with E-state index in [0.717, 1.165) is 36.9 Å². The van der Waals surface area contributed by atoms with Crippen LogP contribution in [0.5, 0.6) is 5.75 Å². The fraction of sp³-hybridized carbons (Fsp3) is 0.611. The lowest BCUT2D eigenvalue weighted by Crippen LogP contribution is -2.59. The van der Waals surface area contributed by atoms with Gasteiger partial charge in [-0.25, -0.2) is 4.79 Å². The zero-order chi connectivity index (χ0) is 18.0. The van der Waals surface area contributed by atoms with E-state index in [9.17, 15) is 4.79 Å². The number of para-hydroxylation sites is 1. The molecule has 3 heterocycles. The molecule has 7 nitrogen and oxygen atoms in total. The lowest BCUT2D eigenvalue weighted by Gasteiger charge is -2.37. The Morgan fingerprint density at radius 3 is 2.77 bits per heavy atom. The van der Waals surface area contributed by atoms with Crippen molar-refractivity contribution in [1.82, 2.24) is 0 Å². The van der Waals surface area contributed by atoms with Gasteiger partial charge in [-0.1, -0.05) is 25.5 Å². The summed E-state index contributed by atoms with van der Waals surface area (Å²) >= 11 is 0. The summed E-state index contributed by atoms with van der Waals surface area (Å²) in [5, 5.41) is 0. The van der Waals surface area contributed by atoms with E-state index in [1.54, 1.807) is 12.1 Å². The van der Waals surface area contributed by atoms with E-state index in [4.69, 9.17) is 23.4 Å². The molecule has 0 saturated carbocycles. The molecule has 0 radical (unpaired) electrons. The van der Waals surface area contributed by atoms with Crippen LogP contribution in [0.2, 0.25) is 0 Å². The summed E-state index contributed by atoms with van der Waals surface area (Å²) in [6, 6.07) is 7.17. The highest BCUT2D eigenvalue weighted by Crippen LogP contribution is 2.41. The van der Waals surface area contributed by atoms with E-state index in [1.165, 1.54) is 0 Å². The lowest BCUT2D eigenvalue weighted by atomic mass is 9.94. The van der Waals surface area contributed by atoms with E-state index in [1.807, 2.05) is 12.1 Å². The van der Waals surface area contributed by atoms with Crippen molar-refractivity contribution in [2.45, 2.75) is 25.9 Å². The quantitative estimate of drug-likeness (QED) is 0.418. The smallest absolute Gasteiger partial charge is 0.490 e. The van der Waals surface area contributed by atoms with Crippen molar-refractivity contribution >= 4 is 12.9 Å². The Hall–Kier alpha value is -1.61. The number of hydrogen-bond acceptors (Lipinski definition) is 6. The van der Waals surface area contributed by atoms with Crippen LogP contribution in [0.4, 0.5) is 0 Å². The van der Waals surface area contributed by atoms with E-state index in [2.05, 4.69) is 6.92 Å². The number of unbranched alkanes of at least 4 members (excludes halogenated alkanes) is 1. The van der Waals surface area contributed by atoms with Gasteiger partial charge in [0.15, 0.2) is 0 Å². The number of ether oxygens (including phenoxy) is 2. The van der Waals surface area contributed by atoms with Crippen LogP contribution in [0.3, 0.4) is 0 Å². The first kappa shape index (κ1) is 17.8. The second kappa shape index (κ2) is 7.19. The van der Waals surface area contributed by atoms with E-state index >= 15 is 0 Å². The second-order valence-corrected chi connectivity index (χ2v) is 7.25. The SMILES string of the molecule is CCCCOC(=O)c1ccccc1OC[C@@H]1C[N+]23CCO[B-]2(OCC3)O1. The standard InChI is InChI=1S/C18H26BNO6/c1-2-3-10-22-18(21)16-6-4-5-7-17(16)23-14-15-13-20-8-11-24-19(20,26-15)25-12-9-20/h4-7,15H,2-3,8-14H2,1H3/t15-,19?,20?/m0/s1. The molecule has 8 heteroatoms. The summed E-state index contributed by atoms with van der Waals surface area (Å²) < 4.78 is 29.8. The minimum atomic E-state index is -1.68. The van der Waals surface area contributed by atoms with Crippen LogP contribution in [0, 0.1) is 0 Å². The van der Waals surface area contributed by atoms with Crippen LogP contribution >= 0.6 is 0 Å². The summed E-state index contributed by atoms with van der Waals surface area (Å²) in [5.41, 5.74) is 0.450. The highest BCUT2D eigenvalue weighted by molar-refractivity contribution is 6.54. The van der Waals surface area contributed by atoms with Gasteiger partial charge in [0, 0.05) is 0 Å². The zero-order valence-electron chi connectivity index (χ0n) is 15.2. The number of nitrogens with zero attached hydrogens (tertiary/aromatic N) is 1. The van der Waals surface area contributed by atoms with Gasteiger partial charge in [0.2, 0.25) is 0 Å². The Balaban J connectivity index is 1.38. The summed E-state index contributed by atoms with van der Waals surface area (Å²) in [7, 11) is 0. The number of quaternary nitrogens is 1. The van der Waals surface area contributed by atoms with E-state index in [0.29, 0.717) is 37.7 Å². The first-order valence-corrected chi connectivity index (χ1v) is 9.52. The molecule has 3 aliphatic heterocycles. The van der Waals surface area contributed by atoms with Crippen LogP contribution in [0.25, 0.3) is 0 Å². The van der Waals surface area contributed by atoms with Crippen molar-refractivity contribution in [1.29, 1.82) is 0 Å². The third-order valence-electron chi connectivity index (χ3n) is 5.60. The van der Waals surface area contributed by atoms with Crippen molar-refractivity contribution in [3.8, 4) is 5.75 Å². The van der Waals surface area contributed by atoms with Gasteiger partial charge >= 0.3 is 12.9 Å². The lowest BCUT2D eigenvalue weighted by molar-refractivity contribution is -0.816. The monoisotopic (exact) mass is 363 g/mol. The van der Waals surface area contributed by atoms with Crippen LogP contribution in [0.1, 0.15) is 30.1 Å². The summed E-state index contributed by atoms with van der Waals surface area (Å²) in [6.45, 7) is 5.20. The van der Waals surface area contributed by atoms with Crippen LogP contribution in [0.15, 0.2) is 24.3 Å². The minimum Gasteiger partial charge on any atom is -0.490 e. The third kappa shape index (κ3) is 3.01. The predicted molar refractivity (Wildman–Crippen MR) is 94.5 cm³/mol. The van der Waals surface area contributed by atoms with Gasteiger partial charge in [-0.2, -0.15) is 0 Å². The van der Waals surface area contributed by atoms with Gasteiger partial charge in [0.05, 0.1) is 39.5 Å². The second-order valence-electron chi connectivity index (χ2n) is 7.25. The van der Waals surface area contributed by atoms with Gasteiger partial charge in [0.25, 0.3) is 0 Å². The number of hydrogen-bond donors (Lipinski definition) is 0. The molecule has 3 saturated heterocycles. The van der Waals surface area contributed by atoms with Crippen molar-refractivity contribution in [3.05, 3.63) is 29.8 Å². The normalized spacial score (nSPS) is 32.3. The van der Waals surface area contributed by atoms with Gasteiger partial charge < -0.3 is 27.8 Å². The van der Waals surface area contributed by atoms with Crippen molar-refractivity contribution < 1.29 is 32.6 Å². The maximum Gasteiger partial charge on any atom is 0.625 e. The third-order valence-corrected chi connectivity index (χ3v) is 5.60. The van der Waals surface area contributed by atoms with Crippen molar-refractivity contribution in [2.75, 3.05) is 46.1 Å². The Bertz CT molecular complexity index is 639. The number of carbonyl (C=O) groups excluding carboxylic acids is 1.